The molecule has 1 saturated heterocycles. The Balaban J connectivity index is 1.60. The molecule has 0 aromatic heterocycles. The van der Waals surface area contributed by atoms with E-state index in [1.54, 1.807) is 6.92 Å². The number of ether oxygens (including phenoxy) is 1. The lowest BCUT2D eigenvalue weighted by Crippen LogP contribution is -2.28. The number of benzene rings is 1. The Bertz CT molecular complexity index is 930. The number of imide groups is 1. The third-order valence-electron chi connectivity index (χ3n) is 5.91. The summed E-state index contributed by atoms with van der Waals surface area (Å²) in [6, 6.07) is 2.73. The Morgan fingerprint density at radius 3 is 2.48 bits per heavy atom. The largest absolute Gasteiger partial charge is 0.483 e. The van der Waals surface area contributed by atoms with Crippen molar-refractivity contribution in [3.05, 3.63) is 45.0 Å². The zero-order valence-electron chi connectivity index (χ0n) is 15.9. The molecule has 5 atom stereocenters. The standard InChI is InChI=1S/C20H20ClN3O5/c1-3-10(2)29-18-14(21)6-11(7-15(18)24(27)28)9-22-23-19(25)16-12-4-5-13(8-12)17(16)20(23)26/h4-7,9-10,12-13,16-17H,3,8H2,1-2H3. The maximum absolute atomic E-state index is 12.7. The van der Waals surface area contributed by atoms with Crippen LogP contribution in [0.1, 0.15) is 32.3 Å². The molecule has 2 amide bonds. The lowest BCUT2D eigenvalue weighted by Gasteiger charge is -2.14. The van der Waals surface area contributed by atoms with Crippen molar-refractivity contribution in [2.24, 2.45) is 28.8 Å². The van der Waals surface area contributed by atoms with Crippen LogP contribution in [0.25, 0.3) is 0 Å². The van der Waals surface area contributed by atoms with Gasteiger partial charge in [0.15, 0.2) is 0 Å². The van der Waals surface area contributed by atoms with E-state index in [0.717, 1.165) is 11.4 Å². The van der Waals surface area contributed by atoms with Gasteiger partial charge in [-0.3, -0.25) is 19.7 Å². The lowest BCUT2D eigenvalue weighted by atomic mass is 9.85. The first-order valence-electron chi connectivity index (χ1n) is 9.56. The van der Waals surface area contributed by atoms with Gasteiger partial charge in [-0.1, -0.05) is 30.7 Å². The summed E-state index contributed by atoms with van der Waals surface area (Å²) in [5, 5.41) is 16.5. The number of hydrogen-bond acceptors (Lipinski definition) is 6. The summed E-state index contributed by atoms with van der Waals surface area (Å²) in [4.78, 5) is 36.2. The number of allylic oxidation sites excluding steroid dienone is 2. The molecule has 1 aromatic rings. The van der Waals surface area contributed by atoms with Crippen LogP contribution in [-0.2, 0) is 9.59 Å². The van der Waals surface area contributed by atoms with Crippen LogP contribution in [0.4, 0.5) is 5.69 Å². The van der Waals surface area contributed by atoms with E-state index in [4.69, 9.17) is 16.3 Å². The van der Waals surface area contributed by atoms with Gasteiger partial charge in [-0.2, -0.15) is 10.1 Å². The highest BCUT2D eigenvalue weighted by atomic mass is 35.5. The van der Waals surface area contributed by atoms with Crippen molar-refractivity contribution in [3.8, 4) is 5.75 Å². The molecule has 2 fully saturated rings. The van der Waals surface area contributed by atoms with Crippen molar-refractivity contribution >= 4 is 35.3 Å². The van der Waals surface area contributed by atoms with Gasteiger partial charge in [0.25, 0.3) is 11.8 Å². The van der Waals surface area contributed by atoms with Crippen LogP contribution < -0.4 is 4.74 Å². The molecule has 1 heterocycles. The Morgan fingerprint density at radius 2 is 1.93 bits per heavy atom. The smallest absolute Gasteiger partial charge is 0.313 e. The third-order valence-corrected chi connectivity index (χ3v) is 6.19. The Labute approximate surface area is 172 Å². The first-order valence-corrected chi connectivity index (χ1v) is 9.94. The second-order valence-electron chi connectivity index (χ2n) is 7.68. The number of nitro benzene ring substituents is 1. The van der Waals surface area contributed by atoms with Gasteiger partial charge in [-0.05, 0) is 37.7 Å². The average Bonchev–Trinajstić information content (AvgIpc) is 3.36. The first kappa shape index (κ1) is 19.6. The molecule has 5 unspecified atom stereocenters. The van der Waals surface area contributed by atoms with Crippen LogP contribution in [0.15, 0.2) is 29.4 Å². The minimum Gasteiger partial charge on any atom is -0.483 e. The topological polar surface area (TPSA) is 102 Å². The second-order valence-corrected chi connectivity index (χ2v) is 8.08. The number of hydrogen-bond donors (Lipinski definition) is 0. The van der Waals surface area contributed by atoms with Crippen LogP contribution in [-0.4, -0.2) is 34.1 Å². The maximum Gasteiger partial charge on any atom is 0.313 e. The molecule has 4 rings (SSSR count). The summed E-state index contributed by atoms with van der Waals surface area (Å²) in [6.45, 7) is 3.69. The Kier molecular flexibility index (Phi) is 4.90. The van der Waals surface area contributed by atoms with E-state index in [1.807, 2.05) is 19.1 Å². The van der Waals surface area contributed by atoms with Gasteiger partial charge in [-0.15, -0.1) is 0 Å². The SMILES string of the molecule is CCC(C)Oc1c(Cl)cc(C=NN2C(=O)C3C4C=CC(C4)C3C2=O)cc1[N+](=O)[O-]. The monoisotopic (exact) mass is 417 g/mol. The van der Waals surface area contributed by atoms with Gasteiger partial charge in [-0.25, -0.2) is 0 Å². The van der Waals surface area contributed by atoms with E-state index in [-0.39, 0.29) is 58.0 Å². The number of hydrazone groups is 1. The van der Waals surface area contributed by atoms with Crippen molar-refractivity contribution in [2.45, 2.75) is 32.8 Å². The molecule has 2 bridgehead atoms. The second kappa shape index (κ2) is 7.26. The number of carbonyl (C=O) groups is 2. The highest BCUT2D eigenvalue weighted by molar-refractivity contribution is 6.32. The van der Waals surface area contributed by atoms with E-state index in [0.29, 0.717) is 12.0 Å². The Morgan fingerprint density at radius 1 is 1.31 bits per heavy atom. The van der Waals surface area contributed by atoms with Crippen molar-refractivity contribution in [1.29, 1.82) is 0 Å². The summed E-state index contributed by atoms with van der Waals surface area (Å²) >= 11 is 6.21. The van der Waals surface area contributed by atoms with Crippen LogP contribution in [0, 0.1) is 33.8 Å². The molecular weight excluding hydrogens is 398 g/mol. The zero-order valence-corrected chi connectivity index (χ0v) is 16.7. The molecule has 9 heteroatoms. The summed E-state index contributed by atoms with van der Waals surface area (Å²) in [6.07, 6.45) is 6.51. The molecule has 29 heavy (non-hydrogen) atoms. The van der Waals surface area contributed by atoms with Gasteiger partial charge in [0, 0.05) is 11.6 Å². The molecule has 0 N–H and O–H groups in total. The predicted molar refractivity (Wildman–Crippen MR) is 106 cm³/mol. The highest BCUT2D eigenvalue weighted by Crippen LogP contribution is 2.52. The van der Waals surface area contributed by atoms with Crippen LogP contribution in [0.3, 0.4) is 0 Å². The summed E-state index contributed by atoms with van der Waals surface area (Å²) in [5.74, 6) is -1.15. The van der Waals surface area contributed by atoms with Crippen molar-refractivity contribution < 1.29 is 19.2 Å². The van der Waals surface area contributed by atoms with Gasteiger partial charge in [0.2, 0.25) is 5.75 Å². The van der Waals surface area contributed by atoms with Crippen LogP contribution in [0.5, 0.6) is 5.75 Å². The van der Waals surface area contributed by atoms with E-state index in [2.05, 4.69) is 5.10 Å². The minimum atomic E-state index is -0.582. The minimum absolute atomic E-state index is 0.00586. The number of rotatable bonds is 6. The normalized spacial score (nSPS) is 28.4. The summed E-state index contributed by atoms with van der Waals surface area (Å²) < 4.78 is 5.59. The number of amides is 2. The summed E-state index contributed by atoms with van der Waals surface area (Å²) in [5.41, 5.74) is 0.00870. The molecule has 8 nitrogen and oxygen atoms in total. The fraction of sp³-hybridized carbons (Fsp3) is 0.450. The van der Waals surface area contributed by atoms with Crippen LogP contribution >= 0.6 is 11.6 Å². The third kappa shape index (κ3) is 3.21. The van der Waals surface area contributed by atoms with E-state index in [1.165, 1.54) is 18.3 Å². The molecule has 152 valence electrons. The quantitative estimate of drug-likeness (QED) is 0.231. The molecule has 1 aliphatic heterocycles. The number of carbonyl (C=O) groups excluding carboxylic acids is 2. The predicted octanol–water partition coefficient (Wildman–Crippen LogP) is 3.57. The maximum atomic E-state index is 12.7. The number of fused-ring (bicyclic) bond motifs is 5. The van der Waals surface area contributed by atoms with Crippen molar-refractivity contribution in [2.75, 3.05) is 0 Å². The molecular formula is C20H20ClN3O5. The van der Waals surface area contributed by atoms with Crippen molar-refractivity contribution in [1.82, 2.24) is 5.01 Å². The molecule has 1 saturated carbocycles. The van der Waals surface area contributed by atoms with Crippen LogP contribution in [0.2, 0.25) is 5.02 Å². The average molecular weight is 418 g/mol. The molecule has 0 spiro atoms. The fourth-order valence-corrected chi connectivity index (χ4v) is 4.60. The zero-order chi connectivity index (χ0) is 20.9. The van der Waals surface area contributed by atoms with Gasteiger partial charge >= 0.3 is 5.69 Å². The van der Waals surface area contributed by atoms with Gasteiger partial charge in [0.05, 0.1) is 34.1 Å². The Hall–Kier alpha value is -2.74. The first-order chi connectivity index (χ1) is 13.8. The van der Waals surface area contributed by atoms with E-state index < -0.39 is 4.92 Å². The summed E-state index contributed by atoms with van der Waals surface area (Å²) in [7, 11) is 0. The highest BCUT2D eigenvalue weighted by Gasteiger charge is 2.59. The molecule has 1 aromatic carbocycles. The number of nitrogens with zero attached hydrogens (tertiary/aromatic N) is 3. The van der Waals surface area contributed by atoms with Gasteiger partial charge < -0.3 is 4.74 Å². The fourth-order valence-electron chi connectivity index (χ4n) is 4.34. The lowest BCUT2D eigenvalue weighted by molar-refractivity contribution is -0.386. The molecule has 0 radical (unpaired) electrons. The van der Waals surface area contributed by atoms with E-state index >= 15 is 0 Å². The van der Waals surface area contributed by atoms with E-state index in [9.17, 15) is 19.7 Å². The molecule has 3 aliphatic rings. The van der Waals surface area contributed by atoms with Gasteiger partial charge in [0.1, 0.15) is 0 Å². The molecule has 2 aliphatic carbocycles. The number of nitro groups is 1. The van der Waals surface area contributed by atoms with Crippen molar-refractivity contribution in [3.63, 3.8) is 0 Å². The number of halogens is 1.